The first kappa shape index (κ1) is 23.5. The summed E-state index contributed by atoms with van der Waals surface area (Å²) >= 11 is 0. The first-order valence-electron chi connectivity index (χ1n) is 11.1. The van der Waals surface area contributed by atoms with Crippen molar-refractivity contribution in [1.29, 1.82) is 0 Å². The van der Waals surface area contributed by atoms with Crippen molar-refractivity contribution in [2.75, 3.05) is 0 Å². The van der Waals surface area contributed by atoms with Crippen LogP contribution in [-0.4, -0.2) is 6.03 Å². The van der Waals surface area contributed by atoms with Gasteiger partial charge in [0.25, 0.3) is 0 Å². The number of carbonyl (C=O) groups excluding carboxylic acids is 1. The lowest BCUT2D eigenvalue weighted by molar-refractivity contribution is 0.182. The zero-order valence-electron chi connectivity index (χ0n) is 18.1. The summed E-state index contributed by atoms with van der Waals surface area (Å²) in [6, 6.07) is 10.1. The fourth-order valence-corrected chi connectivity index (χ4v) is 4.36. The van der Waals surface area contributed by atoms with Gasteiger partial charge in [0.15, 0.2) is 0 Å². The van der Waals surface area contributed by atoms with Crippen LogP contribution in [0.1, 0.15) is 97.5 Å². The molecule has 0 saturated carbocycles. The Kier molecular flexibility index (Phi) is 11.2. The second-order valence-electron chi connectivity index (χ2n) is 8.18. The second kappa shape index (κ2) is 12.8. The predicted octanol–water partition coefficient (Wildman–Crippen LogP) is 6.76. The largest absolute Gasteiger partial charge is 0.352 e. The van der Waals surface area contributed by atoms with E-state index in [1.54, 1.807) is 0 Å². The van der Waals surface area contributed by atoms with Gasteiger partial charge in [0.1, 0.15) is 0 Å². The summed E-state index contributed by atoms with van der Waals surface area (Å²) in [5, 5.41) is 3.23. The Morgan fingerprint density at radius 2 is 1.41 bits per heavy atom. The van der Waals surface area contributed by atoms with Crippen LogP contribution < -0.4 is 11.1 Å². The van der Waals surface area contributed by atoms with Gasteiger partial charge in [-0.3, -0.25) is 0 Å². The maximum Gasteiger partial charge on any atom is 0.312 e. The monoisotopic (exact) mass is 374 g/mol. The number of nitrogens with two attached hydrogens (primary N) is 1. The van der Waals surface area contributed by atoms with Crippen molar-refractivity contribution >= 4 is 6.03 Å². The Balaban J connectivity index is 3.24. The number of primary amides is 1. The molecule has 1 aromatic rings. The van der Waals surface area contributed by atoms with E-state index in [0.29, 0.717) is 11.8 Å². The Bertz CT molecular complexity index is 496. The maximum atomic E-state index is 12.1. The summed E-state index contributed by atoms with van der Waals surface area (Å²) in [5.41, 5.74) is 6.54. The van der Waals surface area contributed by atoms with Crippen molar-refractivity contribution in [2.45, 2.75) is 97.4 Å². The third-order valence-electron chi connectivity index (χ3n) is 6.05. The molecule has 0 heterocycles. The molecule has 1 aromatic carbocycles. The average Bonchev–Trinajstić information content (AvgIpc) is 2.68. The van der Waals surface area contributed by atoms with Gasteiger partial charge in [-0.25, -0.2) is 4.79 Å². The van der Waals surface area contributed by atoms with Crippen LogP contribution in [0.2, 0.25) is 0 Å². The molecule has 0 aliphatic rings. The number of amides is 2. The minimum atomic E-state index is -0.408. The lowest BCUT2D eigenvalue weighted by Crippen LogP contribution is -2.50. The lowest BCUT2D eigenvalue weighted by Gasteiger charge is -2.40. The summed E-state index contributed by atoms with van der Waals surface area (Å²) in [5.74, 6) is 1.20. The van der Waals surface area contributed by atoms with E-state index < -0.39 is 6.03 Å². The first-order valence-corrected chi connectivity index (χ1v) is 11.1. The van der Waals surface area contributed by atoms with Gasteiger partial charge in [-0.15, -0.1) is 0 Å². The van der Waals surface area contributed by atoms with Gasteiger partial charge >= 0.3 is 6.03 Å². The van der Waals surface area contributed by atoms with E-state index in [2.05, 4.69) is 57.3 Å². The SMILES string of the molecule is CCCCC(CC)CC(CC(CC)CCCC)(NC(N)=O)c1ccccc1. The number of hydrogen-bond donors (Lipinski definition) is 2. The smallest absolute Gasteiger partial charge is 0.312 e. The molecule has 2 atom stereocenters. The molecule has 0 radical (unpaired) electrons. The van der Waals surface area contributed by atoms with E-state index in [9.17, 15) is 4.79 Å². The van der Waals surface area contributed by atoms with E-state index >= 15 is 0 Å². The van der Waals surface area contributed by atoms with Crippen LogP contribution in [0.5, 0.6) is 0 Å². The molecule has 3 nitrogen and oxygen atoms in total. The molecule has 3 N–H and O–H groups in total. The predicted molar refractivity (Wildman–Crippen MR) is 117 cm³/mol. The Morgan fingerprint density at radius 1 is 0.926 bits per heavy atom. The van der Waals surface area contributed by atoms with Crippen LogP contribution in [0.3, 0.4) is 0 Å². The van der Waals surface area contributed by atoms with E-state index in [1.165, 1.54) is 44.1 Å². The van der Waals surface area contributed by atoms with Crippen molar-refractivity contribution in [3.63, 3.8) is 0 Å². The molecular formula is C24H42N2O. The van der Waals surface area contributed by atoms with Crippen molar-refractivity contribution < 1.29 is 4.79 Å². The molecule has 27 heavy (non-hydrogen) atoms. The highest BCUT2D eigenvalue weighted by molar-refractivity contribution is 5.73. The second-order valence-corrected chi connectivity index (χ2v) is 8.18. The normalized spacial score (nSPS) is 15.7. The summed E-state index contributed by atoms with van der Waals surface area (Å²) < 4.78 is 0. The van der Waals surface area contributed by atoms with Gasteiger partial charge in [0.05, 0.1) is 5.54 Å². The number of carbonyl (C=O) groups is 1. The number of unbranched alkanes of at least 4 members (excludes halogenated alkanes) is 2. The summed E-state index contributed by atoms with van der Waals surface area (Å²) in [4.78, 5) is 12.1. The van der Waals surface area contributed by atoms with Crippen LogP contribution in [0.15, 0.2) is 30.3 Å². The van der Waals surface area contributed by atoms with E-state index in [0.717, 1.165) is 25.7 Å². The summed E-state index contributed by atoms with van der Waals surface area (Å²) in [6.45, 7) is 9.04. The van der Waals surface area contributed by atoms with Gasteiger partial charge in [0.2, 0.25) is 0 Å². The van der Waals surface area contributed by atoms with Crippen molar-refractivity contribution in [2.24, 2.45) is 17.6 Å². The molecular weight excluding hydrogens is 332 g/mol. The topological polar surface area (TPSA) is 55.1 Å². The molecule has 2 unspecified atom stereocenters. The molecule has 154 valence electrons. The standard InChI is InChI=1S/C24H42N2O/c1-5-9-14-20(7-3)18-24(26-23(25)27,22-16-12-11-13-17-22)19-21(8-4)15-10-6-2/h11-13,16-17,20-21H,5-10,14-15,18-19H2,1-4H3,(H3,25,26,27). The quantitative estimate of drug-likeness (QED) is 0.371. The van der Waals surface area contributed by atoms with Crippen LogP contribution >= 0.6 is 0 Å². The molecule has 1 rings (SSSR count). The number of urea groups is 1. The molecule has 0 spiro atoms. The molecule has 3 heteroatoms. The van der Waals surface area contributed by atoms with E-state index in [1.807, 2.05) is 6.07 Å². The third-order valence-corrected chi connectivity index (χ3v) is 6.05. The highest BCUT2D eigenvalue weighted by atomic mass is 16.2. The van der Waals surface area contributed by atoms with E-state index in [4.69, 9.17) is 5.73 Å². The van der Waals surface area contributed by atoms with Crippen molar-refractivity contribution in [3.8, 4) is 0 Å². The molecule has 0 bridgehead atoms. The highest BCUT2D eigenvalue weighted by Gasteiger charge is 2.37. The Morgan fingerprint density at radius 3 is 1.78 bits per heavy atom. The van der Waals surface area contributed by atoms with Gasteiger partial charge in [0, 0.05) is 0 Å². The Labute approximate surface area is 167 Å². The van der Waals surface area contributed by atoms with Gasteiger partial charge in [-0.05, 0) is 30.2 Å². The fraction of sp³-hybridized carbons (Fsp3) is 0.708. The average molecular weight is 375 g/mol. The molecule has 2 amide bonds. The fourth-order valence-electron chi connectivity index (χ4n) is 4.36. The first-order chi connectivity index (χ1) is 13.0. The number of nitrogens with one attached hydrogen (secondary N) is 1. The zero-order valence-corrected chi connectivity index (χ0v) is 18.1. The highest BCUT2D eigenvalue weighted by Crippen LogP contribution is 2.39. The van der Waals surface area contributed by atoms with Gasteiger partial charge < -0.3 is 11.1 Å². The molecule has 0 saturated heterocycles. The van der Waals surface area contributed by atoms with Crippen LogP contribution in [-0.2, 0) is 5.54 Å². The minimum Gasteiger partial charge on any atom is -0.352 e. The van der Waals surface area contributed by atoms with Gasteiger partial charge in [-0.1, -0.05) is 109 Å². The van der Waals surface area contributed by atoms with Crippen LogP contribution in [0.4, 0.5) is 4.79 Å². The molecule has 0 aliphatic carbocycles. The van der Waals surface area contributed by atoms with Crippen molar-refractivity contribution in [1.82, 2.24) is 5.32 Å². The summed E-state index contributed by atoms with van der Waals surface area (Å²) in [7, 11) is 0. The van der Waals surface area contributed by atoms with Gasteiger partial charge in [-0.2, -0.15) is 0 Å². The van der Waals surface area contributed by atoms with Crippen LogP contribution in [0.25, 0.3) is 0 Å². The summed E-state index contributed by atoms with van der Waals surface area (Å²) in [6.07, 6.45) is 11.6. The van der Waals surface area contributed by atoms with Crippen molar-refractivity contribution in [3.05, 3.63) is 35.9 Å². The number of hydrogen-bond acceptors (Lipinski definition) is 1. The Hall–Kier alpha value is -1.51. The molecule has 0 aliphatic heterocycles. The molecule has 0 fully saturated rings. The molecule has 0 aromatic heterocycles. The zero-order chi connectivity index (χ0) is 20.1. The number of benzene rings is 1. The third kappa shape index (κ3) is 7.94. The maximum absolute atomic E-state index is 12.1. The minimum absolute atomic E-state index is 0.365. The van der Waals surface area contributed by atoms with Crippen LogP contribution in [0, 0.1) is 11.8 Å². The van der Waals surface area contributed by atoms with E-state index in [-0.39, 0.29) is 5.54 Å². The lowest BCUT2D eigenvalue weighted by atomic mass is 9.72. The number of rotatable bonds is 14.